The monoisotopic (exact) mass is 319 g/mol. The van der Waals surface area contributed by atoms with Gasteiger partial charge in [-0.1, -0.05) is 34.8 Å². The molecule has 4 nitrogen and oxygen atoms in total. The van der Waals surface area contributed by atoms with Crippen LogP contribution in [0.5, 0.6) is 0 Å². The minimum Gasteiger partial charge on any atom is -0.366 e. The van der Waals surface area contributed by atoms with Gasteiger partial charge < -0.3 is 10.6 Å². The highest BCUT2D eigenvalue weighted by Crippen LogP contribution is 2.32. The highest BCUT2D eigenvalue weighted by atomic mass is 35.5. The number of aliphatic imine (C=N–C) groups is 1. The van der Waals surface area contributed by atoms with Gasteiger partial charge in [0.05, 0.1) is 20.8 Å². The fourth-order valence-corrected chi connectivity index (χ4v) is 2.24. The summed E-state index contributed by atoms with van der Waals surface area (Å²) in [7, 11) is 0. The van der Waals surface area contributed by atoms with Crippen molar-refractivity contribution in [1.82, 2.24) is 5.32 Å². The summed E-state index contributed by atoms with van der Waals surface area (Å²) in [6.07, 6.45) is 1.96. The molecule has 102 valence electrons. The summed E-state index contributed by atoms with van der Waals surface area (Å²) >= 11 is 17.7. The van der Waals surface area contributed by atoms with E-state index in [1.165, 1.54) is 12.1 Å². The number of anilines is 1. The van der Waals surface area contributed by atoms with Crippen LogP contribution in [-0.2, 0) is 4.79 Å². The van der Waals surface area contributed by atoms with E-state index >= 15 is 0 Å². The van der Waals surface area contributed by atoms with Crippen LogP contribution >= 0.6 is 34.8 Å². The molecule has 0 aromatic heterocycles. The Balaban J connectivity index is 2.14. The Labute approximate surface area is 126 Å². The first-order chi connectivity index (χ1) is 9.08. The molecule has 0 bridgehead atoms. The van der Waals surface area contributed by atoms with E-state index < -0.39 is 0 Å². The average Bonchev–Trinajstić information content (AvgIpc) is 2.64. The van der Waals surface area contributed by atoms with E-state index in [-0.39, 0.29) is 5.91 Å². The van der Waals surface area contributed by atoms with Gasteiger partial charge >= 0.3 is 0 Å². The highest BCUT2D eigenvalue weighted by Gasteiger charge is 2.15. The lowest BCUT2D eigenvalue weighted by Crippen LogP contribution is -2.35. The van der Waals surface area contributed by atoms with Crippen molar-refractivity contribution in [2.24, 2.45) is 4.99 Å². The third-order valence-corrected chi connectivity index (χ3v) is 3.66. The molecule has 0 atom stereocenters. The van der Waals surface area contributed by atoms with Crippen LogP contribution in [0.15, 0.2) is 17.1 Å². The van der Waals surface area contributed by atoms with E-state index in [9.17, 15) is 4.79 Å². The second kappa shape index (κ2) is 6.46. The standard InChI is InChI=1S/C12H12Cl3N3O/c13-7-5-9(15)10(6-8(7)14)18-12(19)11-16-3-1-2-4-17-11/h5-6H,1-4H2,(H,16,17)(H,18,19). The molecule has 7 heteroatoms. The lowest BCUT2D eigenvalue weighted by molar-refractivity contribution is -0.110. The van der Waals surface area contributed by atoms with Gasteiger partial charge in [-0.15, -0.1) is 0 Å². The molecule has 0 unspecified atom stereocenters. The van der Waals surface area contributed by atoms with E-state index in [4.69, 9.17) is 34.8 Å². The highest BCUT2D eigenvalue weighted by molar-refractivity contribution is 6.46. The number of rotatable bonds is 2. The van der Waals surface area contributed by atoms with E-state index in [0.29, 0.717) is 33.1 Å². The molecule has 2 N–H and O–H groups in total. The zero-order valence-corrected chi connectivity index (χ0v) is 12.2. The number of amidine groups is 1. The van der Waals surface area contributed by atoms with Crippen molar-refractivity contribution in [3.63, 3.8) is 0 Å². The molecule has 1 amide bonds. The molecule has 0 saturated heterocycles. The fourth-order valence-electron chi connectivity index (χ4n) is 1.64. The zero-order valence-electron chi connectivity index (χ0n) is 9.97. The van der Waals surface area contributed by atoms with Gasteiger partial charge in [0.25, 0.3) is 5.91 Å². The average molecular weight is 321 g/mol. The summed E-state index contributed by atoms with van der Waals surface area (Å²) in [5, 5.41) is 6.65. The smallest absolute Gasteiger partial charge is 0.290 e. The third-order valence-electron chi connectivity index (χ3n) is 2.62. The minimum absolute atomic E-state index is 0.319. The third kappa shape index (κ3) is 3.75. The van der Waals surface area contributed by atoms with Crippen LogP contribution in [0.1, 0.15) is 12.8 Å². The first-order valence-electron chi connectivity index (χ1n) is 5.82. The largest absolute Gasteiger partial charge is 0.366 e. The summed E-state index contributed by atoms with van der Waals surface area (Å²) in [4.78, 5) is 16.2. The number of nitrogens with zero attached hydrogens (tertiary/aromatic N) is 1. The Morgan fingerprint density at radius 2 is 1.89 bits per heavy atom. The van der Waals surface area contributed by atoms with Crippen LogP contribution in [0.25, 0.3) is 0 Å². The van der Waals surface area contributed by atoms with E-state index in [0.717, 1.165) is 19.4 Å². The fraction of sp³-hybridized carbons (Fsp3) is 0.333. The van der Waals surface area contributed by atoms with Gasteiger partial charge in [0.2, 0.25) is 0 Å². The van der Waals surface area contributed by atoms with Crippen LogP contribution in [0.3, 0.4) is 0 Å². The number of hydrogen-bond acceptors (Lipinski definition) is 3. The molecule has 0 aliphatic carbocycles. The SMILES string of the molecule is O=C(Nc1cc(Cl)c(Cl)cc1Cl)C1=NCCCCN1. The summed E-state index contributed by atoms with van der Waals surface area (Å²) in [6, 6.07) is 3.00. The molecule has 0 fully saturated rings. The van der Waals surface area contributed by atoms with Crippen molar-refractivity contribution in [2.75, 3.05) is 18.4 Å². The molecule has 1 aliphatic rings. The Bertz CT molecular complexity index is 531. The van der Waals surface area contributed by atoms with Crippen molar-refractivity contribution in [3.05, 3.63) is 27.2 Å². The van der Waals surface area contributed by atoms with Gasteiger partial charge in [-0.25, -0.2) is 0 Å². The number of benzene rings is 1. The maximum Gasteiger partial charge on any atom is 0.290 e. The van der Waals surface area contributed by atoms with Crippen molar-refractivity contribution < 1.29 is 4.79 Å². The van der Waals surface area contributed by atoms with Crippen LogP contribution in [0, 0.1) is 0 Å². The predicted octanol–water partition coefficient (Wildman–Crippen LogP) is 3.37. The van der Waals surface area contributed by atoms with E-state index in [1.807, 2.05) is 0 Å². The Morgan fingerprint density at radius 1 is 1.16 bits per heavy atom. The van der Waals surface area contributed by atoms with Crippen molar-refractivity contribution in [1.29, 1.82) is 0 Å². The van der Waals surface area contributed by atoms with Gasteiger partial charge in [0, 0.05) is 13.1 Å². The second-order valence-corrected chi connectivity index (χ2v) is 5.29. The first-order valence-corrected chi connectivity index (χ1v) is 6.95. The normalized spacial score (nSPS) is 15.2. The molecule has 1 heterocycles. The van der Waals surface area contributed by atoms with Gasteiger partial charge in [0.15, 0.2) is 5.84 Å². The molecular weight excluding hydrogens is 309 g/mol. The number of carbonyl (C=O) groups excluding carboxylic acids is 1. The minimum atomic E-state index is -0.331. The maximum atomic E-state index is 12.0. The van der Waals surface area contributed by atoms with E-state index in [1.54, 1.807) is 0 Å². The van der Waals surface area contributed by atoms with Gasteiger partial charge in [-0.2, -0.15) is 0 Å². The first kappa shape index (κ1) is 14.4. The summed E-state index contributed by atoms with van der Waals surface area (Å²) in [5.41, 5.74) is 0.412. The van der Waals surface area contributed by atoms with Gasteiger partial charge in [-0.05, 0) is 25.0 Å². The number of amides is 1. The summed E-state index contributed by atoms with van der Waals surface area (Å²) in [6.45, 7) is 1.38. The number of nitrogens with one attached hydrogen (secondary N) is 2. The predicted molar refractivity (Wildman–Crippen MR) is 79.6 cm³/mol. The number of hydrogen-bond donors (Lipinski definition) is 2. The van der Waals surface area contributed by atoms with Gasteiger partial charge in [0.1, 0.15) is 0 Å². The van der Waals surface area contributed by atoms with Crippen LogP contribution in [-0.4, -0.2) is 24.8 Å². The molecule has 0 saturated carbocycles. The molecular formula is C12H12Cl3N3O. The number of carbonyl (C=O) groups is 1. The molecule has 0 spiro atoms. The molecule has 1 aromatic carbocycles. The Kier molecular flexibility index (Phi) is 4.91. The molecule has 1 aliphatic heterocycles. The molecule has 0 radical (unpaired) electrons. The molecule has 2 rings (SSSR count). The van der Waals surface area contributed by atoms with Gasteiger partial charge in [-0.3, -0.25) is 9.79 Å². The Hall–Kier alpha value is -0.970. The topological polar surface area (TPSA) is 53.5 Å². The number of halogens is 3. The zero-order chi connectivity index (χ0) is 13.8. The lowest BCUT2D eigenvalue weighted by atomic mass is 10.3. The van der Waals surface area contributed by atoms with Crippen molar-refractivity contribution >= 4 is 52.2 Å². The Morgan fingerprint density at radius 3 is 2.68 bits per heavy atom. The van der Waals surface area contributed by atoms with E-state index in [2.05, 4.69) is 15.6 Å². The molecule has 19 heavy (non-hydrogen) atoms. The van der Waals surface area contributed by atoms with Crippen LogP contribution in [0.4, 0.5) is 5.69 Å². The molecule has 1 aromatic rings. The lowest BCUT2D eigenvalue weighted by Gasteiger charge is -2.10. The van der Waals surface area contributed by atoms with Crippen LogP contribution in [0.2, 0.25) is 15.1 Å². The summed E-state index contributed by atoms with van der Waals surface area (Å²) < 4.78 is 0. The van der Waals surface area contributed by atoms with Crippen LogP contribution < -0.4 is 10.6 Å². The van der Waals surface area contributed by atoms with Crippen molar-refractivity contribution in [3.8, 4) is 0 Å². The second-order valence-electron chi connectivity index (χ2n) is 4.06. The quantitative estimate of drug-likeness (QED) is 0.821. The van der Waals surface area contributed by atoms with Crippen molar-refractivity contribution in [2.45, 2.75) is 12.8 Å². The summed E-state index contributed by atoms with van der Waals surface area (Å²) in [5.74, 6) is -0.0122. The maximum absolute atomic E-state index is 12.0.